The van der Waals surface area contributed by atoms with E-state index < -0.39 is 18.0 Å². The molecule has 3 aromatic heterocycles. The lowest BCUT2D eigenvalue weighted by Gasteiger charge is -2.19. The summed E-state index contributed by atoms with van der Waals surface area (Å²) in [5.41, 5.74) is 0. The minimum atomic E-state index is -4.59. The molecule has 0 amide bonds. The topological polar surface area (TPSA) is 86.0 Å². The number of nitrogens with zero attached hydrogens (tertiary/aromatic N) is 6. The van der Waals surface area contributed by atoms with Crippen LogP contribution in [-0.4, -0.2) is 44.9 Å². The van der Waals surface area contributed by atoms with E-state index in [0.717, 1.165) is 9.44 Å². The summed E-state index contributed by atoms with van der Waals surface area (Å²) >= 11 is 1.38. The third-order valence-corrected chi connectivity index (χ3v) is 4.95. The second-order valence-corrected chi connectivity index (χ2v) is 7.21. The number of thiophene rings is 1. The molecule has 3 rings (SSSR count). The molecule has 0 N–H and O–H groups in total. The molecule has 3 heterocycles. The fourth-order valence-corrected chi connectivity index (χ4v) is 3.66. The van der Waals surface area contributed by atoms with Gasteiger partial charge in [0, 0.05) is 18.5 Å². The number of ether oxygens (including phenoxy) is 1. The van der Waals surface area contributed by atoms with Crippen molar-refractivity contribution in [3.63, 3.8) is 0 Å². The summed E-state index contributed by atoms with van der Waals surface area (Å²) in [5, 5.41) is 7.67. The van der Waals surface area contributed by atoms with Crippen molar-refractivity contribution in [2.75, 3.05) is 19.1 Å². The molecule has 12 heteroatoms. The Morgan fingerprint density at radius 1 is 1.32 bits per heavy atom. The molecule has 28 heavy (non-hydrogen) atoms. The molecule has 0 aromatic carbocycles. The molecular weight excluding hydrogens is 397 g/mol. The molecule has 0 aliphatic rings. The summed E-state index contributed by atoms with van der Waals surface area (Å²) in [7, 11) is 2.87. The molecular formula is C16H17F3N6O2S. The molecule has 0 spiro atoms. The SMILES string of the molecule is CCn1c(CN(C)c2nc(C(=O)OC)nc3sc(C)cc23)nnc1C(F)(F)F. The highest BCUT2D eigenvalue weighted by Gasteiger charge is 2.38. The number of anilines is 1. The van der Waals surface area contributed by atoms with E-state index in [-0.39, 0.29) is 24.7 Å². The highest BCUT2D eigenvalue weighted by Crippen LogP contribution is 2.32. The van der Waals surface area contributed by atoms with Crippen molar-refractivity contribution in [2.45, 2.75) is 33.1 Å². The standard InChI is InChI=1S/C16H17F3N6O2S/c1-5-25-10(22-23-15(25)16(17,18)19)7-24(3)12-9-6-8(2)28-13(9)21-11(20-12)14(26)27-4/h6H,5,7H2,1-4H3. The van der Waals surface area contributed by atoms with Gasteiger partial charge < -0.3 is 14.2 Å². The van der Waals surface area contributed by atoms with Gasteiger partial charge in [-0.05, 0) is 19.9 Å². The molecule has 150 valence electrons. The highest BCUT2D eigenvalue weighted by molar-refractivity contribution is 7.18. The van der Waals surface area contributed by atoms with Gasteiger partial charge in [0.05, 0.1) is 19.0 Å². The maximum atomic E-state index is 13.1. The number of halogens is 3. The minimum Gasteiger partial charge on any atom is -0.463 e. The average molecular weight is 414 g/mol. The first-order chi connectivity index (χ1) is 13.2. The first-order valence-electron chi connectivity index (χ1n) is 8.22. The third kappa shape index (κ3) is 3.63. The number of fused-ring (bicyclic) bond motifs is 1. The molecule has 8 nitrogen and oxygen atoms in total. The first-order valence-corrected chi connectivity index (χ1v) is 9.04. The summed E-state index contributed by atoms with van der Waals surface area (Å²) in [6, 6.07) is 1.86. The fourth-order valence-electron chi connectivity index (χ4n) is 2.78. The smallest absolute Gasteiger partial charge is 0.451 e. The van der Waals surface area contributed by atoms with Crippen LogP contribution >= 0.6 is 11.3 Å². The van der Waals surface area contributed by atoms with Crippen molar-refractivity contribution in [3.8, 4) is 0 Å². The van der Waals surface area contributed by atoms with Crippen LogP contribution in [0.2, 0.25) is 0 Å². The van der Waals surface area contributed by atoms with Gasteiger partial charge in [-0.25, -0.2) is 14.8 Å². The van der Waals surface area contributed by atoms with E-state index in [1.165, 1.54) is 18.4 Å². The average Bonchev–Trinajstić information content (AvgIpc) is 3.21. The van der Waals surface area contributed by atoms with Crippen molar-refractivity contribution in [1.82, 2.24) is 24.7 Å². The van der Waals surface area contributed by atoms with Gasteiger partial charge >= 0.3 is 12.1 Å². The molecule has 0 radical (unpaired) electrons. The first kappa shape index (κ1) is 20.0. The van der Waals surface area contributed by atoms with Crippen molar-refractivity contribution >= 4 is 33.3 Å². The Morgan fingerprint density at radius 3 is 2.64 bits per heavy atom. The number of hydrogen-bond donors (Lipinski definition) is 0. The molecule has 0 aliphatic carbocycles. The number of esters is 1. The van der Waals surface area contributed by atoms with Gasteiger partial charge in [0.25, 0.3) is 0 Å². The van der Waals surface area contributed by atoms with Crippen LogP contribution in [0.4, 0.5) is 19.0 Å². The lowest BCUT2D eigenvalue weighted by atomic mass is 10.3. The van der Waals surface area contributed by atoms with Crippen molar-refractivity contribution in [1.29, 1.82) is 0 Å². The lowest BCUT2D eigenvalue weighted by Crippen LogP contribution is -2.23. The molecule has 0 aliphatic heterocycles. The normalized spacial score (nSPS) is 11.8. The van der Waals surface area contributed by atoms with Crippen molar-refractivity contribution in [3.05, 3.63) is 28.4 Å². The van der Waals surface area contributed by atoms with E-state index in [9.17, 15) is 18.0 Å². The Morgan fingerprint density at radius 2 is 2.04 bits per heavy atom. The molecule has 0 saturated carbocycles. The fraction of sp³-hybridized carbons (Fsp3) is 0.438. The van der Waals surface area contributed by atoms with Gasteiger partial charge in [0.1, 0.15) is 10.6 Å². The van der Waals surface area contributed by atoms with Gasteiger partial charge in [-0.1, -0.05) is 0 Å². The van der Waals surface area contributed by atoms with Gasteiger partial charge in [-0.2, -0.15) is 13.2 Å². The van der Waals surface area contributed by atoms with E-state index in [4.69, 9.17) is 4.74 Å². The Bertz CT molecular complexity index is 1030. The zero-order chi connectivity index (χ0) is 20.6. The quantitative estimate of drug-likeness (QED) is 0.593. The highest BCUT2D eigenvalue weighted by atomic mass is 32.1. The predicted octanol–water partition coefficient (Wildman–Crippen LogP) is 3.05. The summed E-state index contributed by atoms with van der Waals surface area (Å²) in [6.45, 7) is 3.55. The summed E-state index contributed by atoms with van der Waals surface area (Å²) in [5.74, 6) is -1.33. The number of alkyl halides is 3. The van der Waals surface area contributed by atoms with E-state index in [1.54, 1.807) is 18.9 Å². The largest absolute Gasteiger partial charge is 0.463 e. The number of carbonyl (C=O) groups is 1. The molecule has 0 unspecified atom stereocenters. The molecule has 0 saturated heterocycles. The monoisotopic (exact) mass is 414 g/mol. The lowest BCUT2D eigenvalue weighted by molar-refractivity contribution is -0.147. The molecule has 3 aromatic rings. The second-order valence-electron chi connectivity index (χ2n) is 5.98. The summed E-state index contributed by atoms with van der Waals surface area (Å²) in [6.07, 6.45) is -4.59. The molecule has 0 bridgehead atoms. The number of aryl methyl sites for hydroxylation is 1. The Hall–Kier alpha value is -2.76. The maximum Gasteiger partial charge on any atom is 0.451 e. The number of methoxy groups -OCH3 is 1. The van der Waals surface area contributed by atoms with Crippen LogP contribution in [0.3, 0.4) is 0 Å². The van der Waals surface area contributed by atoms with Gasteiger partial charge in [-0.15, -0.1) is 21.5 Å². The number of rotatable bonds is 5. The van der Waals surface area contributed by atoms with Crippen LogP contribution in [0.25, 0.3) is 10.2 Å². The van der Waals surface area contributed by atoms with Crippen LogP contribution in [-0.2, 0) is 24.0 Å². The van der Waals surface area contributed by atoms with Crippen LogP contribution in [0.15, 0.2) is 6.07 Å². The zero-order valence-electron chi connectivity index (χ0n) is 15.5. The number of aromatic nitrogens is 5. The minimum absolute atomic E-state index is 0.0124. The van der Waals surface area contributed by atoms with Crippen molar-refractivity contribution < 1.29 is 22.7 Å². The number of carbonyl (C=O) groups excluding carboxylic acids is 1. The van der Waals surface area contributed by atoms with E-state index in [2.05, 4.69) is 20.2 Å². The van der Waals surface area contributed by atoms with E-state index >= 15 is 0 Å². The van der Waals surface area contributed by atoms with Crippen LogP contribution in [0.5, 0.6) is 0 Å². The Labute approximate surface area is 162 Å². The van der Waals surface area contributed by atoms with Gasteiger partial charge in [0.2, 0.25) is 11.6 Å². The number of hydrogen-bond acceptors (Lipinski definition) is 8. The van der Waals surface area contributed by atoms with Crippen LogP contribution in [0, 0.1) is 6.92 Å². The Kier molecular flexibility index (Phi) is 5.24. The van der Waals surface area contributed by atoms with Crippen LogP contribution in [0.1, 0.15) is 34.1 Å². The Balaban J connectivity index is 2.03. The summed E-state index contributed by atoms with van der Waals surface area (Å²) in [4.78, 5) is 23.5. The maximum absolute atomic E-state index is 13.1. The molecule has 0 fully saturated rings. The van der Waals surface area contributed by atoms with E-state index in [1.807, 2.05) is 13.0 Å². The van der Waals surface area contributed by atoms with Crippen molar-refractivity contribution in [2.24, 2.45) is 0 Å². The zero-order valence-corrected chi connectivity index (χ0v) is 16.3. The van der Waals surface area contributed by atoms with Crippen LogP contribution < -0.4 is 4.90 Å². The molecule has 0 atom stereocenters. The van der Waals surface area contributed by atoms with Gasteiger partial charge in [-0.3, -0.25) is 0 Å². The van der Waals surface area contributed by atoms with Gasteiger partial charge in [0.15, 0.2) is 5.82 Å². The van der Waals surface area contributed by atoms with E-state index in [0.29, 0.717) is 16.0 Å². The second kappa shape index (κ2) is 7.34. The third-order valence-electron chi connectivity index (χ3n) is 4.00. The predicted molar refractivity (Wildman–Crippen MR) is 96.3 cm³/mol. The summed E-state index contributed by atoms with van der Waals surface area (Å²) < 4.78 is 45.0.